The van der Waals surface area contributed by atoms with E-state index < -0.39 is 22.8 Å². The Kier molecular flexibility index (Phi) is 4.21. The molecule has 0 spiro atoms. The topological polar surface area (TPSA) is 106 Å². The van der Waals surface area contributed by atoms with Gasteiger partial charge in [-0.3, -0.25) is 14.9 Å². The Labute approximate surface area is 124 Å². The predicted octanol–water partition coefficient (Wildman–Crippen LogP) is 1.58. The number of thioether (sulfide) groups is 1. The molecule has 0 aliphatic carbocycles. The summed E-state index contributed by atoms with van der Waals surface area (Å²) in [5.74, 6) is -0.960. The van der Waals surface area contributed by atoms with Crippen molar-refractivity contribution in [2.24, 2.45) is 0 Å². The van der Waals surface area contributed by atoms with Crippen molar-refractivity contribution in [1.29, 1.82) is 0 Å². The zero-order valence-electron chi connectivity index (χ0n) is 11.6. The van der Waals surface area contributed by atoms with Crippen LogP contribution in [0.4, 0.5) is 5.69 Å². The van der Waals surface area contributed by atoms with Crippen LogP contribution in [0.1, 0.15) is 30.4 Å². The zero-order chi connectivity index (χ0) is 15.7. The average molecular weight is 313 g/mol. The largest absolute Gasteiger partial charge is 0.480 e. The van der Waals surface area contributed by atoms with Crippen LogP contribution in [0.5, 0.6) is 0 Å². The molecular formula is C12H15N3O5S. The third kappa shape index (κ3) is 2.87. The lowest BCUT2D eigenvalue weighted by molar-refractivity contribution is -0.384. The van der Waals surface area contributed by atoms with E-state index in [1.165, 1.54) is 33.5 Å². The number of aliphatic carboxylic acids is 1. The van der Waals surface area contributed by atoms with Crippen LogP contribution in [-0.4, -0.2) is 49.0 Å². The molecule has 1 aliphatic heterocycles. The van der Waals surface area contributed by atoms with E-state index in [-0.39, 0.29) is 23.3 Å². The molecule has 1 N–H and O–H groups in total. The van der Waals surface area contributed by atoms with Crippen molar-refractivity contribution in [2.45, 2.75) is 25.9 Å². The van der Waals surface area contributed by atoms with Gasteiger partial charge in [-0.1, -0.05) is 0 Å². The second-order valence-corrected chi connectivity index (χ2v) is 5.97. The molecule has 2 heterocycles. The minimum Gasteiger partial charge on any atom is -0.480 e. The Morgan fingerprint density at radius 3 is 2.71 bits per heavy atom. The molecule has 0 saturated carbocycles. The van der Waals surface area contributed by atoms with Crippen LogP contribution >= 0.6 is 11.8 Å². The number of aromatic nitrogens is 1. The SMILES string of the molecule is CC(C)n1cc([N+](=O)[O-])cc1C(=O)N1CSC[C@H]1C(=O)O. The zero-order valence-corrected chi connectivity index (χ0v) is 12.4. The van der Waals surface area contributed by atoms with E-state index in [0.717, 1.165) is 0 Å². The van der Waals surface area contributed by atoms with Gasteiger partial charge in [0.2, 0.25) is 0 Å². The Morgan fingerprint density at radius 1 is 1.52 bits per heavy atom. The number of amides is 1. The maximum atomic E-state index is 12.5. The Bertz CT molecular complexity index is 598. The van der Waals surface area contributed by atoms with E-state index in [1.54, 1.807) is 13.8 Å². The summed E-state index contributed by atoms with van der Waals surface area (Å²) >= 11 is 1.35. The molecule has 1 aliphatic rings. The van der Waals surface area contributed by atoms with Crippen LogP contribution in [0.25, 0.3) is 0 Å². The predicted molar refractivity (Wildman–Crippen MR) is 76.4 cm³/mol. The normalized spacial score (nSPS) is 18.2. The Morgan fingerprint density at radius 2 is 2.19 bits per heavy atom. The summed E-state index contributed by atoms with van der Waals surface area (Å²) in [6.07, 6.45) is 1.30. The summed E-state index contributed by atoms with van der Waals surface area (Å²) in [6, 6.07) is 0.165. The molecule has 2 rings (SSSR count). The second kappa shape index (κ2) is 5.76. The van der Waals surface area contributed by atoms with E-state index in [1.807, 2.05) is 0 Å². The quantitative estimate of drug-likeness (QED) is 0.668. The first kappa shape index (κ1) is 15.4. The van der Waals surface area contributed by atoms with Gasteiger partial charge in [-0.05, 0) is 13.8 Å². The van der Waals surface area contributed by atoms with Crippen molar-refractivity contribution < 1.29 is 19.6 Å². The maximum Gasteiger partial charge on any atom is 0.327 e. The Hall–Kier alpha value is -2.03. The summed E-state index contributed by atoms with van der Waals surface area (Å²) in [6.45, 7) is 3.60. The smallest absolute Gasteiger partial charge is 0.327 e. The number of hydrogen-bond donors (Lipinski definition) is 1. The number of nitro groups is 1. The summed E-state index contributed by atoms with van der Waals surface area (Å²) in [7, 11) is 0. The minimum absolute atomic E-state index is 0.142. The van der Waals surface area contributed by atoms with Gasteiger partial charge >= 0.3 is 5.97 Å². The lowest BCUT2D eigenvalue weighted by Crippen LogP contribution is -2.42. The van der Waals surface area contributed by atoms with E-state index in [2.05, 4.69) is 0 Å². The molecule has 0 radical (unpaired) electrons. The number of nitrogens with zero attached hydrogens (tertiary/aromatic N) is 3. The van der Waals surface area contributed by atoms with Crippen molar-refractivity contribution in [3.63, 3.8) is 0 Å². The molecule has 21 heavy (non-hydrogen) atoms. The molecule has 9 heteroatoms. The summed E-state index contributed by atoms with van der Waals surface area (Å²) < 4.78 is 1.50. The number of carbonyl (C=O) groups excluding carboxylic acids is 1. The summed E-state index contributed by atoms with van der Waals surface area (Å²) in [5, 5.41) is 20.0. The van der Waals surface area contributed by atoms with Gasteiger partial charge in [-0.15, -0.1) is 11.8 Å². The van der Waals surface area contributed by atoms with Crippen LogP contribution in [0.3, 0.4) is 0 Å². The third-order valence-electron chi connectivity index (χ3n) is 3.25. The monoisotopic (exact) mass is 313 g/mol. The molecule has 1 atom stereocenters. The highest BCUT2D eigenvalue weighted by Crippen LogP contribution is 2.27. The second-order valence-electron chi connectivity index (χ2n) is 4.97. The molecule has 1 saturated heterocycles. The van der Waals surface area contributed by atoms with Crippen molar-refractivity contribution in [3.8, 4) is 0 Å². The minimum atomic E-state index is -1.06. The first-order valence-electron chi connectivity index (χ1n) is 6.30. The van der Waals surface area contributed by atoms with Crippen LogP contribution in [0.15, 0.2) is 12.3 Å². The molecule has 8 nitrogen and oxygen atoms in total. The molecule has 0 bridgehead atoms. The first-order valence-corrected chi connectivity index (χ1v) is 7.46. The molecular weight excluding hydrogens is 298 g/mol. The van der Waals surface area contributed by atoms with Crippen molar-refractivity contribution in [1.82, 2.24) is 9.47 Å². The van der Waals surface area contributed by atoms with Crippen LogP contribution in [0, 0.1) is 10.1 Å². The Balaban J connectivity index is 2.38. The highest BCUT2D eigenvalue weighted by atomic mass is 32.2. The first-order chi connectivity index (χ1) is 9.82. The van der Waals surface area contributed by atoms with Crippen LogP contribution in [0.2, 0.25) is 0 Å². The number of carboxylic acids is 1. The molecule has 1 aromatic heterocycles. The van der Waals surface area contributed by atoms with E-state index in [9.17, 15) is 19.7 Å². The van der Waals surface area contributed by atoms with Gasteiger partial charge in [0.25, 0.3) is 11.6 Å². The van der Waals surface area contributed by atoms with Gasteiger partial charge in [-0.25, -0.2) is 4.79 Å². The fraction of sp³-hybridized carbons (Fsp3) is 0.500. The fourth-order valence-corrected chi connectivity index (χ4v) is 3.30. The molecule has 1 fully saturated rings. The lowest BCUT2D eigenvalue weighted by Gasteiger charge is -2.22. The highest BCUT2D eigenvalue weighted by Gasteiger charge is 2.37. The third-order valence-corrected chi connectivity index (χ3v) is 4.26. The lowest BCUT2D eigenvalue weighted by atomic mass is 10.2. The van der Waals surface area contributed by atoms with Crippen molar-refractivity contribution >= 4 is 29.3 Å². The average Bonchev–Trinajstić information content (AvgIpc) is 3.04. The van der Waals surface area contributed by atoms with Gasteiger partial charge < -0.3 is 14.6 Å². The molecule has 114 valence electrons. The molecule has 1 amide bonds. The standard InChI is InChI=1S/C12H15N3O5S/c1-7(2)13-4-8(15(19)20)3-9(13)11(16)14-6-21-5-10(14)12(17)18/h3-4,7,10H,5-6H2,1-2H3,(H,17,18)/t10-/m0/s1. The van der Waals surface area contributed by atoms with E-state index in [0.29, 0.717) is 5.75 Å². The summed E-state index contributed by atoms with van der Waals surface area (Å²) in [5.41, 5.74) is -0.0313. The number of rotatable bonds is 4. The number of hydrogen-bond acceptors (Lipinski definition) is 5. The van der Waals surface area contributed by atoms with E-state index >= 15 is 0 Å². The fourth-order valence-electron chi connectivity index (χ4n) is 2.16. The van der Waals surface area contributed by atoms with Crippen molar-refractivity contribution in [2.75, 3.05) is 11.6 Å². The number of carbonyl (C=O) groups is 2. The molecule has 1 aromatic rings. The van der Waals surface area contributed by atoms with Gasteiger partial charge in [0.1, 0.15) is 11.7 Å². The van der Waals surface area contributed by atoms with Crippen molar-refractivity contribution in [3.05, 3.63) is 28.1 Å². The molecule has 0 unspecified atom stereocenters. The van der Waals surface area contributed by atoms with Crippen LogP contribution in [-0.2, 0) is 4.79 Å². The number of carboxylic acid groups (broad SMARTS) is 1. The van der Waals surface area contributed by atoms with Gasteiger partial charge in [0.05, 0.1) is 17.0 Å². The maximum absolute atomic E-state index is 12.5. The van der Waals surface area contributed by atoms with Crippen LogP contribution < -0.4 is 0 Å². The van der Waals surface area contributed by atoms with Gasteiger partial charge in [0.15, 0.2) is 0 Å². The van der Waals surface area contributed by atoms with Gasteiger partial charge in [-0.2, -0.15) is 0 Å². The summed E-state index contributed by atoms with van der Waals surface area (Å²) in [4.78, 5) is 35.2. The van der Waals surface area contributed by atoms with E-state index in [4.69, 9.17) is 5.11 Å². The molecule has 0 aromatic carbocycles. The van der Waals surface area contributed by atoms with Gasteiger partial charge in [0, 0.05) is 17.9 Å². The highest BCUT2D eigenvalue weighted by molar-refractivity contribution is 7.99.